The van der Waals surface area contributed by atoms with Crippen LogP contribution in [-0.2, 0) is 38.1 Å². The van der Waals surface area contributed by atoms with Crippen molar-refractivity contribution in [3.8, 4) is 0 Å². The third-order valence-corrected chi connectivity index (χ3v) is 10.7. The highest BCUT2D eigenvalue weighted by molar-refractivity contribution is 5.93. The maximum atomic E-state index is 14.4. The standard InChI is InChI=1S/C28H34O10/c1-13(29)35-18-10-19(32)37-24(2,3)16-9-17(31)27(6)20(26(16,18)5)15(30)11-25(4)21(14-7-8-34-12-14)36-23(33)22-28(25,27)38-22/h7-8,12,15-16,18,20-22,30H,9-11H2,1-6H3/t15-,16-,18-,20+,21-,22+,25-,26+,27+,28+/m0/s1. The van der Waals surface area contributed by atoms with Gasteiger partial charge in [-0.1, -0.05) is 13.8 Å². The van der Waals surface area contributed by atoms with Crippen LogP contribution in [-0.4, -0.2) is 58.3 Å². The first kappa shape index (κ1) is 25.6. The molecule has 4 heterocycles. The van der Waals surface area contributed by atoms with Gasteiger partial charge in [0, 0.05) is 41.6 Å². The number of carbonyl (C=O) groups is 4. The van der Waals surface area contributed by atoms with E-state index in [1.54, 1.807) is 26.8 Å². The Morgan fingerprint density at radius 3 is 2.42 bits per heavy atom. The van der Waals surface area contributed by atoms with Gasteiger partial charge < -0.3 is 28.5 Å². The van der Waals surface area contributed by atoms with Crippen molar-refractivity contribution in [1.82, 2.24) is 0 Å². The molecular formula is C28H34O10. The zero-order valence-electron chi connectivity index (χ0n) is 22.4. The summed E-state index contributed by atoms with van der Waals surface area (Å²) in [6.07, 6.45) is -0.921. The smallest absolute Gasteiger partial charge is 0.339 e. The Labute approximate surface area is 220 Å². The average Bonchev–Trinajstić information content (AvgIpc) is 3.39. The molecule has 5 aliphatic rings. The van der Waals surface area contributed by atoms with Crippen molar-refractivity contribution >= 4 is 23.7 Å². The summed E-state index contributed by atoms with van der Waals surface area (Å²) in [4.78, 5) is 52.8. The summed E-state index contributed by atoms with van der Waals surface area (Å²) < 4.78 is 29.0. The number of ketones is 1. The number of aliphatic hydroxyl groups excluding tert-OH is 1. The molecule has 0 radical (unpaired) electrons. The third-order valence-electron chi connectivity index (χ3n) is 10.7. The Balaban J connectivity index is 1.57. The van der Waals surface area contributed by atoms with Gasteiger partial charge in [-0.05, 0) is 33.3 Å². The summed E-state index contributed by atoms with van der Waals surface area (Å²) in [6.45, 7) is 10.3. The fourth-order valence-corrected chi connectivity index (χ4v) is 9.39. The van der Waals surface area contributed by atoms with Gasteiger partial charge in [-0.25, -0.2) is 4.79 Å². The van der Waals surface area contributed by atoms with Gasteiger partial charge in [0.05, 0.1) is 30.5 Å². The van der Waals surface area contributed by atoms with Crippen molar-refractivity contribution in [2.45, 2.75) is 96.4 Å². The van der Waals surface area contributed by atoms with Crippen molar-refractivity contribution in [3.63, 3.8) is 0 Å². The van der Waals surface area contributed by atoms with E-state index in [-0.39, 0.29) is 25.0 Å². The topological polar surface area (TPSA) is 142 Å². The number of esters is 3. The van der Waals surface area contributed by atoms with Gasteiger partial charge in [0.25, 0.3) is 0 Å². The first-order chi connectivity index (χ1) is 17.6. The summed E-state index contributed by atoms with van der Waals surface area (Å²) in [5.41, 5.74) is -5.13. The van der Waals surface area contributed by atoms with Crippen molar-refractivity contribution in [2.24, 2.45) is 28.1 Å². The molecule has 0 bridgehead atoms. The molecule has 1 N–H and O–H groups in total. The molecule has 10 atom stereocenters. The van der Waals surface area contributed by atoms with Crippen molar-refractivity contribution < 1.29 is 47.6 Å². The van der Waals surface area contributed by atoms with Gasteiger partial charge in [0.1, 0.15) is 29.2 Å². The number of carbonyl (C=O) groups excluding carboxylic acids is 4. The zero-order chi connectivity index (χ0) is 27.6. The monoisotopic (exact) mass is 530 g/mol. The highest BCUT2D eigenvalue weighted by atomic mass is 16.7. The average molecular weight is 531 g/mol. The Bertz CT molecular complexity index is 1240. The Morgan fingerprint density at radius 2 is 1.79 bits per heavy atom. The number of fused-ring (bicyclic) bond motifs is 3. The van der Waals surface area contributed by atoms with E-state index in [0.717, 1.165) is 0 Å². The zero-order valence-corrected chi connectivity index (χ0v) is 22.4. The minimum atomic E-state index is -1.36. The Kier molecular flexibility index (Phi) is 5.02. The molecular weight excluding hydrogens is 496 g/mol. The molecule has 1 aromatic rings. The number of aliphatic hydroxyl groups is 1. The number of cyclic esters (lactones) is 2. The van der Waals surface area contributed by atoms with Crippen LogP contribution in [0.5, 0.6) is 0 Å². The lowest BCUT2D eigenvalue weighted by atomic mass is 9.36. The summed E-state index contributed by atoms with van der Waals surface area (Å²) in [6, 6.07) is 1.70. The van der Waals surface area contributed by atoms with Crippen LogP contribution >= 0.6 is 0 Å². The van der Waals surface area contributed by atoms with E-state index in [2.05, 4.69) is 0 Å². The van der Waals surface area contributed by atoms with Crippen molar-refractivity contribution in [3.05, 3.63) is 24.2 Å². The molecule has 1 aromatic heterocycles. The van der Waals surface area contributed by atoms with Gasteiger partial charge in [-0.3, -0.25) is 14.4 Å². The van der Waals surface area contributed by atoms with Gasteiger partial charge in [-0.2, -0.15) is 0 Å². The second kappa shape index (κ2) is 7.47. The molecule has 0 amide bonds. The second-order valence-corrected chi connectivity index (χ2v) is 12.9. The molecule has 3 saturated heterocycles. The lowest BCUT2D eigenvalue weighted by molar-refractivity contribution is -0.259. The molecule has 6 rings (SSSR count). The van der Waals surface area contributed by atoms with Crippen molar-refractivity contribution in [2.75, 3.05) is 0 Å². The van der Waals surface area contributed by atoms with Crippen LogP contribution in [0.3, 0.4) is 0 Å². The highest BCUT2D eigenvalue weighted by Gasteiger charge is 2.90. The molecule has 206 valence electrons. The molecule has 0 unspecified atom stereocenters. The number of Topliss-reactive ketones (excluding diaryl/α,β-unsaturated/α-hetero) is 1. The van der Waals surface area contributed by atoms with Gasteiger partial charge in [0.2, 0.25) is 0 Å². The minimum absolute atomic E-state index is 0.00635. The summed E-state index contributed by atoms with van der Waals surface area (Å²) in [7, 11) is 0. The largest absolute Gasteiger partial charge is 0.472 e. The first-order valence-corrected chi connectivity index (χ1v) is 13.2. The predicted molar refractivity (Wildman–Crippen MR) is 127 cm³/mol. The molecule has 1 spiro atoms. The Morgan fingerprint density at radius 1 is 1.08 bits per heavy atom. The van der Waals surface area contributed by atoms with Crippen LogP contribution in [0.4, 0.5) is 0 Å². The van der Waals surface area contributed by atoms with Crippen LogP contribution in [0.1, 0.15) is 72.5 Å². The van der Waals surface area contributed by atoms with Gasteiger partial charge >= 0.3 is 17.9 Å². The molecule has 10 nitrogen and oxygen atoms in total. The first-order valence-electron chi connectivity index (χ1n) is 13.2. The number of ether oxygens (including phenoxy) is 4. The van der Waals surface area contributed by atoms with E-state index in [1.165, 1.54) is 19.5 Å². The SMILES string of the molecule is CC(=O)O[C@H]1CC(=O)OC(C)(C)[C@@H]2CC(=O)[C@]3(C)[C@H]([C@@H](O)C[C@@]4(C)[C@H](c5ccoc5)OC(=O)[C@H]5O[C@]543)[C@@]12C. The molecule has 5 fully saturated rings. The molecule has 0 aromatic carbocycles. The van der Waals surface area contributed by atoms with Crippen LogP contribution in [0.2, 0.25) is 0 Å². The minimum Gasteiger partial charge on any atom is -0.472 e. The van der Waals surface area contributed by atoms with E-state index >= 15 is 0 Å². The van der Waals surface area contributed by atoms with E-state index < -0.39 is 81.6 Å². The number of hydrogen-bond donors (Lipinski definition) is 1. The van der Waals surface area contributed by atoms with Crippen LogP contribution in [0.25, 0.3) is 0 Å². The van der Waals surface area contributed by atoms with Crippen LogP contribution in [0, 0.1) is 28.1 Å². The number of furan rings is 1. The Hall–Kier alpha value is -2.72. The molecule has 10 heteroatoms. The van der Waals surface area contributed by atoms with E-state index in [9.17, 15) is 24.3 Å². The molecule has 2 aliphatic carbocycles. The fraction of sp³-hybridized carbons (Fsp3) is 0.714. The van der Waals surface area contributed by atoms with Gasteiger partial charge in [0.15, 0.2) is 6.10 Å². The summed E-state index contributed by atoms with van der Waals surface area (Å²) in [5.74, 6) is -3.25. The van der Waals surface area contributed by atoms with Crippen molar-refractivity contribution in [1.29, 1.82) is 0 Å². The maximum Gasteiger partial charge on any atom is 0.339 e. The maximum absolute atomic E-state index is 14.4. The third kappa shape index (κ3) is 2.80. The number of epoxide rings is 1. The molecule has 2 saturated carbocycles. The van der Waals surface area contributed by atoms with Gasteiger partial charge in [-0.15, -0.1) is 0 Å². The second-order valence-electron chi connectivity index (χ2n) is 12.9. The fourth-order valence-electron chi connectivity index (χ4n) is 9.39. The highest BCUT2D eigenvalue weighted by Crippen LogP contribution is 2.78. The quantitative estimate of drug-likeness (QED) is 0.344. The lowest BCUT2D eigenvalue weighted by Gasteiger charge is -2.67. The molecule has 38 heavy (non-hydrogen) atoms. The van der Waals surface area contributed by atoms with Crippen LogP contribution in [0.15, 0.2) is 23.0 Å². The van der Waals surface area contributed by atoms with Crippen LogP contribution < -0.4 is 0 Å². The van der Waals surface area contributed by atoms with E-state index in [4.69, 9.17) is 23.4 Å². The predicted octanol–water partition coefficient (Wildman–Crippen LogP) is 2.66. The lowest BCUT2D eigenvalue weighted by Crippen LogP contribution is -2.75. The molecule has 3 aliphatic heterocycles. The number of hydrogen-bond acceptors (Lipinski definition) is 10. The summed E-state index contributed by atoms with van der Waals surface area (Å²) >= 11 is 0. The number of rotatable bonds is 2. The summed E-state index contributed by atoms with van der Waals surface area (Å²) in [5, 5.41) is 12.1. The van der Waals surface area contributed by atoms with E-state index in [1.807, 2.05) is 13.8 Å². The normalized spacial score (nSPS) is 48.8. The van der Waals surface area contributed by atoms with E-state index in [0.29, 0.717) is 5.56 Å².